The minimum absolute atomic E-state index is 0.367. The Kier molecular flexibility index (Phi) is 4.63. The van der Waals surface area contributed by atoms with Gasteiger partial charge in [0.2, 0.25) is 0 Å². The number of fused-ring (bicyclic) bond motifs is 1. The second-order valence-corrected chi connectivity index (χ2v) is 8.86. The summed E-state index contributed by atoms with van der Waals surface area (Å²) in [6.45, 7) is 4.98. The maximum atomic E-state index is 10.6. The lowest BCUT2D eigenvalue weighted by Crippen LogP contribution is -2.46. The number of hydrogen-bond acceptors (Lipinski definition) is 7. The molecule has 2 aromatic rings. The number of hydrogen-bond donors (Lipinski definition) is 2. The molecule has 0 amide bonds. The van der Waals surface area contributed by atoms with Crippen molar-refractivity contribution in [2.24, 2.45) is 0 Å². The summed E-state index contributed by atoms with van der Waals surface area (Å²) in [7, 11) is 0. The van der Waals surface area contributed by atoms with Crippen molar-refractivity contribution in [3.8, 4) is 6.01 Å². The number of anilines is 1. The van der Waals surface area contributed by atoms with E-state index in [0.717, 1.165) is 43.7 Å². The lowest BCUT2D eigenvalue weighted by atomic mass is 9.93. The predicted octanol–water partition coefficient (Wildman–Crippen LogP) is 2.03. The fourth-order valence-electron chi connectivity index (χ4n) is 4.61. The fourth-order valence-corrected chi connectivity index (χ4v) is 4.61. The topological polar surface area (TPSA) is 88.3 Å². The van der Waals surface area contributed by atoms with Gasteiger partial charge in [-0.25, -0.2) is 4.98 Å². The Hall–Kier alpha value is -1.93. The molecule has 0 aromatic carbocycles. The lowest BCUT2D eigenvalue weighted by Gasteiger charge is -2.38. The molecule has 28 heavy (non-hydrogen) atoms. The molecular formula is C20H30N6O2. The van der Waals surface area contributed by atoms with Crippen molar-refractivity contribution in [3.63, 3.8) is 0 Å². The molecule has 2 aromatic heterocycles. The molecule has 0 unspecified atom stereocenters. The van der Waals surface area contributed by atoms with E-state index in [1.165, 1.54) is 25.7 Å². The van der Waals surface area contributed by atoms with Gasteiger partial charge in [0, 0.05) is 25.2 Å². The van der Waals surface area contributed by atoms with Crippen LogP contribution in [0.4, 0.5) is 5.82 Å². The molecule has 3 aliphatic rings. The molecule has 0 spiro atoms. The van der Waals surface area contributed by atoms with Gasteiger partial charge in [-0.15, -0.1) is 0 Å². The largest absolute Gasteiger partial charge is 0.462 e. The summed E-state index contributed by atoms with van der Waals surface area (Å²) in [6, 6.07) is 1.23. The molecule has 2 aliphatic heterocycles. The summed E-state index contributed by atoms with van der Waals surface area (Å²) in [6.07, 6.45) is 9.58. The average Bonchev–Trinajstić information content (AvgIpc) is 3.27. The predicted molar refractivity (Wildman–Crippen MR) is 107 cm³/mol. The summed E-state index contributed by atoms with van der Waals surface area (Å²) < 4.78 is 8.20. The van der Waals surface area contributed by atoms with Gasteiger partial charge in [-0.1, -0.05) is 0 Å². The second-order valence-electron chi connectivity index (χ2n) is 8.86. The van der Waals surface area contributed by atoms with Gasteiger partial charge in [-0.3, -0.25) is 0 Å². The van der Waals surface area contributed by atoms with E-state index in [2.05, 4.69) is 24.8 Å². The summed E-state index contributed by atoms with van der Waals surface area (Å²) >= 11 is 0. The molecule has 2 atom stereocenters. The zero-order chi connectivity index (χ0) is 19.1. The van der Waals surface area contributed by atoms with Crippen molar-refractivity contribution in [1.29, 1.82) is 0 Å². The SMILES string of the molecule is C[C@@]1(O)CCCN(c2nc(OC[C@@H]3CCCN3)nc3ncn(C4CCC4)c23)C1. The molecule has 5 rings (SSSR count). The van der Waals surface area contributed by atoms with Crippen LogP contribution in [0.2, 0.25) is 0 Å². The maximum Gasteiger partial charge on any atom is 0.320 e. The van der Waals surface area contributed by atoms with Gasteiger partial charge in [0.1, 0.15) is 12.1 Å². The number of imidazole rings is 1. The number of nitrogens with zero attached hydrogens (tertiary/aromatic N) is 5. The molecule has 8 heteroatoms. The minimum Gasteiger partial charge on any atom is -0.462 e. The highest BCUT2D eigenvalue weighted by Crippen LogP contribution is 2.37. The number of piperidine rings is 1. The number of aliphatic hydroxyl groups is 1. The monoisotopic (exact) mass is 386 g/mol. The van der Waals surface area contributed by atoms with Crippen LogP contribution >= 0.6 is 0 Å². The van der Waals surface area contributed by atoms with Gasteiger partial charge < -0.3 is 24.6 Å². The van der Waals surface area contributed by atoms with Crippen LogP contribution in [0.15, 0.2) is 6.33 Å². The number of ether oxygens (including phenoxy) is 1. The Morgan fingerprint density at radius 2 is 2.14 bits per heavy atom. The van der Waals surface area contributed by atoms with E-state index in [1.54, 1.807) is 0 Å². The molecule has 152 valence electrons. The Morgan fingerprint density at radius 3 is 2.86 bits per heavy atom. The van der Waals surface area contributed by atoms with Gasteiger partial charge in [-0.2, -0.15) is 9.97 Å². The van der Waals surface area contributed by atoms with E-state index in [1.807, 2.05) is 13.3 Å². The van der Waals surface area contributed by atoms with Gasteiger partial charge in [-0.05, 0) is 58.4 Å². The van der Waals surface area contributed by atoms with Crippen LogP contribution in [0.5, 0.6) is 6.01 Å². The lowest BCUT2D eigenvalue weighted by molar-refractivity contribution is 0.0447. The third kappa shape index (κ3) is 3.43. The Labute approximate surface area is 165 Å². The quantitative estimate of drug-likeness (QED) is 0.813. The molecular weight excluding hydrogens is 356 g/mol. The van der Waals surface area contributed by atoms with Crippen molar-refractivity contribution in [3.05, 3.63) is 6.33 Å². The van der Waals surface area contributed by atoms with E-state index in [9.17, 15) is 5.11 Å². The number of nitrogens with one attached hydrogen (secondary N) is 1. The fraction of sp³-hybridized carbons (Fsp3) is 0.750. The van der Waals surface area contributed by atoms with Gasteiger partial charge >= 0.3 is 6.01 Å². The molecule has 4 heterocycles. The molecule has 2 N–H and O–H groups in total. The number of rotatable bonds is 5. The number of β-amino-alcohol motifs (C(OH)–C–C–N with tert-alkyl or cyclic N) is 1. The van der Waals surface area contributed by atoms with E-state index in [4.69, 9.17) is 9.72 Å². The molecule has 0 radical (unpaired) electrons. The minimum atomic E-state index is -0.703. The van der Waals surface area contributed by atoms with Crippen molar-refractivity contribution >= 4 is 17.0 Å². The Balaban J connectivity index is 1.50. The standard InChI is InChI=1S/C20H30N6O2/c1-20(27)8-4-10-25(12-20)18-16-17(22-13-26(16)15-6-2-7-15)23-19(24-18)28-11-14-5-3-9-21-14/h13-15,21,27H,2-12H2,1H3/t14-,20+/m0/s1. The third-order valence-electron chi connectivity index (χ3n) is 6.41. The molecule has 3 fully saturated rings. The summed E-state index contributed by atoms with van der Waals surface area (Å²) in [5.41, 5.74) is 0.969. The normalized spacial score (nSPS) is 28.6. The van der Waals surface area contributed by atoms with Crippen LogP contribution in [-0.4, -0.2) is 62.5 Å². The summed E-state index contributed by atoms with van der Waals surface area (Å²) in [5.74, 6) is 0.851. The van der Waals surface area contributed by atoms with Crippen LogP contribution in [0.1, 0.15) is 57.9 Å². The third-order valence-corrected chi connectivity index (χ3v) is 6.41. The second kappa shape index (κ2) is 7.15. The molecule has 0 bridgehead atoms. The highest BCUT2D eigenvalue weighted by Gasteiger charge is 2.32. The van der Waals surface area contributed by atoms with E-state index in [-0.39, 0.29) is 0 Å². The first-order valence-electron chi connectivity index (χ1n) is 10.7. The van der Waals surface area contributed by atoms with Crippen LogP contribution in [0.3, 0.4) is 0 Å². The van der Waals surface area contributed by atoms with Gasteiger partial charge in [0.15, 0.2) is 11.5 Å². The van der Waals surface area contributed by atoms with Crippen LogP contribution in [-0.2, 0) is 0 Å². The van der Waals surface area contributed by atoms with Crippen molar-refractivity contribution in [1.82, 2.24) is 24.8 Å². The molecule has 2 saturated heterocycles. The Morgan fingerprint density at radius 1 is 1.25 bits per heavy atom. The average molecular weight is 387 g/mol. The zero-order valence-electron chi connectivity index (χ0n) is 16.6. The molecule has 1 aliphatic carbocycles. The smallest absolute Gasteiger partial charge is 0.320 e. The summed E-state index contributed by atoms with van der Waals surface area (Å²) in [4.78, 5) is 16.2. The number of aromatic nitrogens is 4. The first-order valence-corrected chi connectivity index (χ1v) is 10.7. The van der Waals surface area contributed by atoms with Crippen molar-refractivity contribution in [2.45, 2.75) is 69.6 Å². The van der Waals surface area contributed by atoms with E-state index >= 15 is 0 Å². The van der Waals surface area contributed by atoms with Gasteiger partial charge in [0.05, 0.1) is 11.9 Å². The molecule has 8 nitrogen and oxygen atoms in total. The summed E-state index contributed by atoms with van der Waals surface area (Å²) in [5, 5.41) is 14.1. The molecule has 1 saturated carbocycles. The highest BCUT2D eigenvalue weighted by molar-refractivity contribution is 5.84. The van der Waals surface area contributed by atoms with E-state index in [0.29, 0.717) is 36.9 Å². The van der Waals surface area contributed by atoms with E-state index < -0.39 is 5.60 Å². The van der Waals surface area contributed by atoms with Crippen LogP contribution in [0.25, 0.3) is 11.2 Å². The van der Waals surface area contributed by atoms with Crippen molar-refractivity contribution in [2.75, 3.05) is 31.1 Å². The maximum absolute atomic E-state index is 10.6. The van der Waals surface area contributed by atoms with Crippen LogP contribution in [0, 0.1) is 0 Å². The first-order chi connectivity index (χ1) is 13.6. The highest BCUT2D eigenvalue weighted by atomic mass is 16.5. The Bertz CT molecular complexity index is 841. The first kappa shape index (κ1) is 18.1. The van der Waals surface area contributed by atoms with Crippen LogP contribution < -0.4 is 15.0 Å². The van der Waals surface area contributed by atoms with Crippen molar-refractivity contribution < 1.29 is 9.84 Å². The van der Waals surface area contributed by atoms with Gasteiger partial charge in [0.25, 0.3) is 0 Å². The zero-order valence-corrected chi connectivity index (χ0v) is 16.6.